The first-order valence-electron chi connectivity index (χ1n) is 6.58. The summed E-state index contributed by atoms with van der Waals surface area (Å²) in [5, 5.41) is 17.6. The summed E-state index contributed by atoms with van der Waals surface area (Å²) in [5.74, 6) is 0.588. The minimum Gasteiger partial charge on any atom is -0.467 e. The topological polar surface area (TPSA) is 63.2 Å². The van der Waals surface area contributed by atoms with Gasteiger partial charge in [-0.15, -0.1) is 0 Å². The third-order valence-electron chi connectivity index (χ3n) is 3.34. The average molecular weight is 263 g/mol. The monoisotopic (exact) mass is 263 g/mol. The molecule has 5 nitrogen and oxygen atoms in total. The van der Waals surface area contributed by atoms with Gasteiger partial charge in [0, 0.05) is 30.9 Å². The standard InChI is InChI=1S/C14H21N3O2/c1-4-17-11(3)12(10(2)16-17)8-15-9-13(18)14-6-5-7-19-14/h5-7,13,15,18H,4,8-9H2,1-3H3/t13-/m0/s1. The fraction of sp³-hybridized carbons (Fsp3) is 0.500. The summed E-state index contributed by atoms with van der Waals surface area (Å²) in [5.41, 5.74) is 3.42. The van der Waals surface area contributed by atoms with Gasteiger partial charge in [0.1, 0.15) is 11.9 Å². The summed E-state index contributed by atoms with van der Waals surface area (Å²) in [6.07, 6.45) is 0.954. The molecule has 0 spiro atoms. The van der Waals surface area contributed by atoms with E-state index in [0.29, 0.717) is 18.8 Å². The van der Waals surface area contributed by atoms with Crippen LogP contribution in [0.2, 0.25) is 0 Å². The molecule has 19 heavy (non-hydrogen) atoms. The van der Waals surface area contributed by atoms with Crippen LogP contribution in [-0.4, -0.2) is 21.4 Å². The van der Waals surface area contributed by atoms with Gasteiger partial charge in [-0.05, 0) is 32.9 Å². The smallest absolute Gasteiger partial charge is 0.133 e. The van der Waals surface area contributed by atoms with Gasteiger partial charge in [-0.25, -0.2) is 0 Å². The molecule has 0 aliphatic heterocycles. The zero-order valence-corrected chi connectivity index (χ0v) is 11.7. The maximum Gasteiger partial charge on any atom is 0.133 e. The molecule has 0 unspecified atom stereocenters. The molecule has 2 heterocycles. The Morgan fingerprint density at radius 1 is 1.47 bits per heavy atom. The van der Waals surface area contributed by atoms with Crippen molar-refractivity contribution in [3.05, 3.63) is 41.1 Å². The van der Waals surface area contributed by atoms with Gasteiger partial charge in [-0.1, -0.05) is 0 Å². The highest BCUT2D eigenvalue weighted by Crippen LogP contribution is 2.14. The average Bonchev–Trinajstić information content (AvgIpc) is 3.01. The Morgan fingerprint density at radius 3 is 2.84 bits per heavy atom. The molecule has 0 saturated carbocycles. The predicted octanol–water partition coefficient (Wildman–Crippen LogP) is 1.94. The third kappa shape index (κ3) is 3.05. The number of furan rings is 1. The number of aryl methyl sites for hydroxylation is 2. The Labute approximate surface area is 113 Å². The third-order valence-corrected chi connectivity index (χ3v) is 3.34. The molecule has 0 aliphatic rings. The van der Waals surface area contributed by atoms with E-state index in [1.165, 1.54) is 11.3 Å². The number of nitrogens with zero attached hydrogens (tertiary/aromatic N) is 2. The van der Waals surface area contributed by atoms with E-state index in [1.807, 2.05) is 11.6 Å². The molecular weight excluding hydrogens is 242 g/mol. The van der Waals surface area contributed by atoms with Crippen molar-refractivity contribution < 1.29 is 9.52 Å². The van der Waals surface area contributed by atoms with Crippen LogP contribution in [0, 0.1) is 13.8 Å². The number of hydrogen-bond acceptors (Lipinski definition) is 4. The zero-order chi connectivity index (χ0) is 13.8. The van der Waals surface area contributed by atoms with Crippen molar-refractivity contribution in [1.82, 2.24) is 15.1 Å². The molecular formula is C14H21N3O2. The van der Waals surface area contributed by atoms with Crippen molar-refractivity contribution >= 4 is 0 Å². The van der Waals surface area contributed by atoms with Crippen LogP contribution in [-0.2, 0) is 13.1 Å². The van der Waals surface area contributed by atoms with Crippen molar-refractivity contribution in [1.29, 1.82) is 0 Å². The van der Waals surface area contributed by atoms with Gasteiger partial charge in [0.15, 0.2) is 0 Å². The Morgan fingerprint density at radius 2 is 2.26 bits per heavy atom. The van der Waals surface area contributed by atoms with Crippen LogP contribution in [0.1, 0.15) is 35.7 Å². The minimum absolute atomic E-state index is 0.462. The van der Waals surface area contributed by atoms with E-state index in [1.54, 1.807) is 18.4 Å². The van der Waals surface area contributed by atoms with Crippen molar-refractivity contribution in [3.63, 3.8) is 0 Å². The molecule has 0 aromatic carbocycles. The highest BCUT2D eigenvalue weighted by atomic mass is 16.4. The number of aliphatic hydroxyl groups excluding tert-OH is 1. The molecule has 2 aromatic rings. The van der Waals surface area contributed by atoms with Gasteiger partial charge in [-0.2, -0.15) is 5.10 Å². The molecule has 0 bridgehead atoms. The van der Waals surface area contributed by atoms with E-state index in [9.17, 15) is 5.11 Å². The minimum atomic E-state index is -0.614. The predicted molar refractivity (Wildman–Crippen MR) is 72.7 cm³/mol. The van der Waals surface area contributed by atoms with Gasteiger partial charge in [0.05, 0.1) is 12.0 Å². The Hall–Kier alpha value is -1.59. The summed E-state index contributed by atoms with van der Waals surface area (Å²) in [4.78, 5) is 0. The number of nitrogens with one attached hydrogen (secondary N) is 1. The number of hydrogen-bond donors (Lipinski definition) is 2. The number of aliphatic hydroxyl groups is 1. The number of rotatable bonds is 6. The largest absolute Gasteiger partial charge is 0.467 e. The molecule has 104 valence electrons. The second kappa shape index (κ2) is 6.04. The van der Waals surface area contributed by atoms with Crippen LogP contribution in [0.3, 0.4) is 0 Å². The molecule has 5 heteroatoms. The second-order valence-corrected chi connectivity index (χ2v) is 4.63. The van der Waals surface area contributed by atoms with Crippen molar-refractivity contribution in [2.45, 2.75) is 40.0 Å². The van der Waals surface area contributed by atoms with Crippen LogP contribution in [0.15, 0.2) is 22.8 Å². The molecule has 0 saturated heterocycles. The lowest BCUT2D eigenvalue weighted by atomic mass is 10.2. The van der Waals surface area contributed by atoms with Gasteiger partial charge in [0.25, 0.3) is 0 Å². The zero-order valence-electron chi connectivity index (χ0n) is 11.7. The van der Waals surface area contributed by atoms with Crippen molar-refractivity contribution in [2.75, 3.05) is 6.54 Å². The molecule has 0 radical (unpaired) electrons. The van der Waals surface area contributed by atoms with Crippen LogP contribution >= 0.6 is 0 Å². The van der Waals surface area contributed by atoms with E-state index in [2.05, 4.69) is 24.3 Å². The first-order chi connectivity index (χ1) is 9.13. The highest BCUT2D eigenvalue weighted by molar-refractivity contribution is 5.24. The summed E-state index contributed by atoms with van der Waals surface area (Å²) >= 11 is 0. The maximum atomic E-state index is 9.90. The molecule has 0 amide bonds. The first kappa shape index (κ1) is 13.8. The van der Waals surface area contributed by atoms with Crippen LogP contribution < -0.4 is 5.32 Å². The lowest BCUT2D eigenvalue weighted by Crippen LogP contribution is -2.21. The molecule has 1 atom stereocenters. The van der Waals surface area contributed by atoms with E-state index < -0.39 is 6.10 Å². The number of aromatic nitrogens is 2. The van der Waals surface area contributed by atoms with Gasteiger partial charge >= 0.3 is 0 Å². The summed E-state index contributed by atoms with van der Waals surface area (Å²) in [6, 6.07) is 3.55. The van der Waals surface area contributed by atoms with Gasteiger partial charge in [-0.3, -0.25) is 4.68 Å². The van der Waals surface area contributed by atoms with E-state index in [0.717, 1.165) is 12.2 Å². The van der Waals surface area contributed by atoms with E-state index >= 15 is 0 Å². The Balaban J connectivity index is 1.91. The highest BCUT2D eigenvalue weighted by Gasteiger charge is 2.13. The fourth-order valence-electron chi connectivity index (χ4n) is 2.21. The van der Waals surface area contributed by atoms with Crippen LogP contribution in [0.25, 0.3) is 0 Å². The van der Waals surface area contributed by atoms with Crippen molar-refractivity contribution in [3.8, 4) is 0 Å². The lowest BCUT2D eigenvalue weighted by Gasteiger charge is -2.10. The Kier molecular flexibility index (Phi) is 4.39. The quantitative estimate of drug-likeness (QED) is 0.836. The molecule has 2 N–H and O–H groups in total. The summed E-state index contributed by atoms with van der Waals surface area (Å²) in [6.45, 7) is 8.21. The normalized spacial score (nSPS) is 12.8. The van der Waals surface area contributed by atoms with Crippen LogP contribution in [0.4, 0.5) is 0 Å². The molecule has 2 rings (SSSR count). The fourth-order valence-corrected chi connectivity index (χ4v) is 2.21. The summed E-state index contributed by atoms with van der Waals surface area (Å²) < 4.78 is 7.16. The lowest BCUT2D eigenvalue weighted by molar-refractivity contribution is 0.147. The van der Waals surface area contributed by atoms with Gasteiger partial charge < -0.3 is 14.8 Å². The molecule has 2 aromatic heterocycles. The van der Waals surface area contributed by atoms with E-state index in [-0.39, 0.29) is 0 Å². The SMILES string of the molecule is CCn1nc(C)c(CNC[C@H](O)c2ccco2)c1C. The molecule has 0 aliphatic carbocycles. The van der Waals surface area contributed by atoms with Gasteiger partial charge in [0.2, 0.25) is 0 Å². The maximum absolute atomic E-state index is 9.90. The van der Waals surface area contributed by atoms with Crippen LogP contribution in [0.5, 0.6) is 0 Å². The molecule has 0 fully saturated rings. The van der Waals surface area contributed by atoms with E-state index in [4.69, 9.17) is 4.42 Å². The first-order valence-corrected chi connectivity index (χ1v) is 6.58. The second-order valence-electron chi connectivity index (χ2n) is 4.63. The Bertz CT molecular complexity index is 517. The summed E-state index contributed by atoms with van der Waals surface area (Å²) in [7, 11) is 0. The van der Waals surface area contributed by atoms with Crippen molar-refractivity contribution in [2.24, 2.45) is 0 Å².